The molecule has 5 heteroatoms. The third-order valence-corrected chi connectivity index (χ3v) is 2.35. The molecular weight excluding hydrogens is 230 g/mol. The Balaban J connectivity index is 2.61. The number of hydrogen-bond acceptors (Lipinski definition) is 3. The molecule has 0 heterocycles. The summed E-state index contributed by atoms with van der Waals surface area (Å²) >= 11 is 0. The normalized spacial score (nSPS) is 10.5. The average Bonchev–Trinajstić information content (AvgIpc) is 2.30. The summed E-state index contributed by atoms with van der Waals surface area (Å²) in [5, 5.41) is 27.5. The zero-order valence-corrected chi connectivity index (χ0v) is 8.48. The van der Waals surface area contributed by atoms with Gasteiger partial charge in [-0.25, -0.2) is 8.78 Å². The maximum Gasteiger partial charge on any atom is 0.188 e. The van der Waals surface area contributed by atoms with E-state index < -0.39 is 23.1 Å². The van der Waals surface area contributed by atoms with Gasteiger partial charge in [0.25, 0.3) is 0 Å². The van der Waals surface area contributed by atoms with Crippen LogP contribution in [0.5, 0.6) is 17.2 Å². The lowest BCUT2D eigenvalue weighted by Gasteiger charge is -2.07. The minimum absolute atomic E-state index is 0.0702. The molecule has 0 unspecified atom stereocenters. The first kappa shape index (κ1) is 11.2. The van der Waals surface area contributed by atoms with Crippen molar-refractivity contribution < 1.29 is 24.1 Å². The molecule has 88 valence electrons. The van der Waals surface area contributed by atoms with E-state index in [0.29, 0.717) is 0 Å². The van der Waals surface area contributed by atoms with Gasteiger partial charge in [-0.2, -0.15) is 0 Å². The zero-order valence-electron chi connectivity index (χ0n) is 8.48. The van der Waals surface area contributed by atoms with Crippen molar-refractivity contribution in [1.29, 1.82) is 0 Å². The van der Waals surface area contributed by atoms with Gasteiger partial charge in [-0.15, -0.1) is 0 Å². The molecule has 0 aliphatic carbocycles. The molecule has 0 saturated carbocycles. The number of rotatable bonds is 1. The van der Waals surface area contributed by atoms with Crippen LogP contribution in [0, 0.1) is 11.6 Å². The summed E-state index contributed by atoms with van der Waals surface area (Å²) in [7, 11) is 0. The van der Waals surface area contributed by atoms with E-state index in [1.165, 1.54) is 12.1 Å². The fourth-order valence-electron chi connectivity index (χ4n) is 1.45. The van der Waals surface area contributed by atoms with Crippen LogP contribution in [-0.4, -0.2) is 15.3 Å². The van der Waals surface area contributed by atoms with E-state index >= 15 is 0 Å². The zero-order chi connectivity index (χ0) is 12.6. The fourth-order valence-corrected chi connectivity index (χ4v) is 1.45. The summed E-state index contributed by atoms with van der Waals surface area (Å²) in [5.74, 6) is -4.02. The van der Waals surface area contributed by atoms with Crippen LogP contribution in [0.3, 0.4) is 0 Å². The van der Waals surface area contributed by atoms with Crippen molar-refractivity contribution in [2.24, 2.45) is 0 Å². The molecule has 0 atom stereocenters. The molecule has 2 aromatic rings. The number of halogens is 2. The Morgan fingerprint density at radius 1 is 0.824 bits per heavy atom. The lowest BCUT2D eigenvalue weighted by molar-refractivity contribution is 0.397. The Morgan fingerprint density at radius 3 is 2.18 bits per heavy atom. The van der Waals surface area contributed by atoms with E-state index in [9.17, 15) is 13.9 Å². The molecule has 2 aromatic carbocycles. The highest BCUT2D eigenvalue weighted by atomic mass is 19.1. The summed E-state index contributed by atoms with van der Waals surface area (Å²) in [6.07, 6.45) is 0. The molecule has 0 saturated heterocycles. The average molecular weight is 238 g/mol. The Morgan fingerprint density at radius 2 is 1.53 bits per heavy atom. The van der Waals surface area contributed by atoms with Crippen molar-refractivity contribution in [2.75, 3.05) is 0 Å². The van der Waals surface area contributed by atoms with Crippen molar-refractivity contribution in [1.82, 2.24) is 0 Å². The molecule has 0 aliphatic rings. The van der Waals surface area contributed by atoms with E-state index in [4.69, 9.17) is 10.2 Å². The molecule has 0 fully saturated rings. The highest BCUT2D eigenvalue weighted by molar-refractivity contribution is 5.69. The van der Waals surface area contributed by atoms with Gasteiger partial charge in [0, 0.05) is 5.56 Å². The second-order valence-corrected chi connectivity index (χ2v) is 3.46. The van der Waals surface area contributed by atoms with E-state index in [-0.39, 0.29) is 16.9 Å². The van der Waals surface area contributed by atoms with Gasteiger partial charge in [-0.3, -0.25) is 0 Å². The van der Waals surface area contributed by atoms with Crippen LogP contribution in [0.15, 0.2) is 30.3 Å². The molecule has 0 aliphatic heterocycles. The fraction of sp³-hybridized carbons (Fsp3) is 0. The van der Waals surface area contributed by atoms with Gasteiger partial charge in [0.15, 0.2) is 28.9 Å². The molecule has 0 bridgehead atoms. The minimum atomic E-state index is -1.12. The lowest BCUT2D eigenvalue weighted by atomic mass is 10.0. The smallest absolute Gasteiger partial charge is 0.188 e. The van der Waals surface area contributed by atoms with Crippen LogP contribution in [-0.2, 0) is 0 Å². The van der Waals surface area contributed by atoms with Crippen molar-refractivity contribution in [3.8, 4) is 28.4 Å². The van der Waals surface area contributed by atoms with Gasteiger partial charge in [0.1, 0.15) is 0 Å². The second kappa shape index (κ2) is 3.93. The van der Waals surface area contributed by atoms with Crippen molar-refractivity contribution in [2.45, 2.75) is 0 Å². The van der Waals surface area contributed by atoms with Gasteiger partial charge in [-0.1, -0.05) is 6.07 Å². The van der Waals surface area contributed by atoms with Crippen LogP contribution in [0.2, 0.25) is 0 Å². The molecule has 2 rings (SSSR count). The van der Waals surface area contributed by atoms with Gasteiger partial charge in [0.2, 0.25) is 0 Å². The standard InChI is InChI=1S/C12H8F2O3/c13-8-3-2-7(11(14)12(8)17)6-1-4-9(15)10(16)5-6/h1-5,15-17H. The first-order valence-electron chi connectivity index (χ1n) is 4.70. The molecule has 0 amide bonds. The van der Waals surface area contributed by atoms with E-state index in [2.05, 4.69) is 0 Å². The topological polar surface area (TPSA) is 60.7 Å². The predicted molar refractivity (Wildman–Crippen MR) is 56.8 cm³/mol. The quantitative estimate of drug-likeness (QED) is 0.669. The van der Waals surface area contributed by atoms with Crippen LogP contribution in [0.25, 0.3) is 11.1 Å². The highest BCUT2D eigenvalue weighted by Crippen LogP contribution is 2.34. The second-order valence-electron chi connectivity index (χ2n) is 3.46. The number of phenols is 3. The Hall–Kier alpha value is -2.30. The number of phenolic OH excluding ortho intramolecular Hbond substituents is 3. The molecular formula is C12H8F2O3. The van der Waals surface area contributed by atoms with E-state index in [0.717, 1.165) is 18.2 Å². The van der Waals surface area contributed by atoms with Gasteiger partial charge in [0.05, 0.1) is 0 Å². The minimum Gasteiger partial charge on any atom is -0.504 e. The summed E-state index contributed by atoms with van der Waals surface area (Å²) in [6.45, 7) is 0. The summed E-state index contributed by atoms with van der Waals surface area (Å²) in [6, 6.07) is 5.67. The molecule has 3 N–H and O–H groups in total. The molecule has 17 heavy (non-hydrogen) atoms. The van der Waals surface area contributed by atoms with E-state index in [1.807, 2.05) is 0 Å². The lowest BCUT2D eigenvalue weighted by Crippen LogP contribution is -1.88. The summed E-state index contributed by atoms with van der Waals surface area (Å²) in [5.41, 5.74) is 0.146. The molecule has 0 spiro atoms. The van der Waals surface area contributed by atoms with Crippen LogP contribution >= 0.6 is 0 Å². The van der Waals surface area contributed by atoms with Gasteiger partial charge >= 0.3 is 0 Å². The SMILES string of the molecule is Oc1ccc(-c2ccc(F)c(O)c2F)cc1O. The molecule has 0 radical (unpaired) electrons. The first-order chi connectivity index (χ1) is 8.00. The summed E-state index contributed by atoms with van der Waals surface area (Å²) in [4.78, 5) is 0. The van der Waals surface area contributed by atoms with E-state index in [1.54, 1.807) is 0 Å². The molecule has 0 aromatic heterocycles. The van der Waals surface area contributed by atoms with Gasteiger partial charge in [-0.05, 0) is 29.8 Å². The first-order valence-corrected chi connectivity index (χ1v) is 4.70. The maximum absolute atomic E-state index is 13.5. The van der Waals surface area contributed by atoms with Gasteiger partial charge < -0.3 is 15.3 Å². The van der Waals surface area contributed by atoms with Crippen LogP contribution < -0.4 is 0 Å². The Bertz CT molecular complexity index is 582. The summed E-state index contributed by atoms with van der Waals surface area (Å²) < 4.78 is 26.4. The largest absolute Gasteiger partial charge is 0.504 e. The number of hydrogen-bond donors (Lipinski definition) is 3. The van der Waals surface area contributed by atoms with Crippen molar-refractivity contribution >= 4 is 0 Å². The third-order valence-electron chi connectivity index (χ3n) is 2.35. The Kier molecular flexibility index (Phi) is 2.59. The van der Waals surface area contributed by atoms with Crippen LogP contribution in [0.4, 0.5) is 8.78 Å². The highest BCUT2D eigenvalue weighted by Gasteiger charge is 2.14. The Labute approximate surface area is 95.2 Å². The monoisotopic (exact) mass is 238 g/mol. The van der Waals surface area contributed by atoms with Crippen molar-refractivity contribution in [3.63, 3.8) is 0 Å². The predicted octanol–water partition coefficient (Wildman–Crippen LogP) is 2.75. The number of aromatic hydroxyl groups is 3. The molecule has 3 nitrogen and oxygen atoms in total. The number of benzene rings is 2. The third kappa shape index (κ3) is 1.87. The van der Waals surface area contributed by atoms with Crippen molar-refractivity contribution in [3.05, 3.63) is 42.0 Å². The maximum atomic E-state index is 13.5. The van der Waals surface area contributed by atoms with Crippen LogP contribution in [0.1, 0.15) is 0 Å².